The van der Waals surface area contributed by atoms with Gasteiger partial charge in [-0.1, -0.05) is 36.4 Å². The predicted molar refractivity (Wildman–Crippen MR) is 127 cm³/mol. The molecule has 0 aliphatic heterocycles. The van der Waals surface area contributed by atoms with E-state index in [0.717, 1.165) is 54.6 Å². The molecular weight excluding hydrogens is 384 g/mol. The molecule has 5 aromatic carbocycles. The van der Waals surface area contributed by atoms with E-state index < -0.39 is 0 Å². The second-order valence-corrected chi connectivity index (χ2v) is 8.03. The van der Waals surface area contributed by atoms with Crippen LogP contribution in [0.15, 0.2) is 94.1 Å². The summed E-state index contributed by atoms with van der Waals surface area (Å²) in [7, 11) is 0. The van der Waals surface area contributed by atoms with Gasteiger partial charge in [-0.05, 0) is 88.1 Å². The number of phenolic OH excluding ortho intramolecular Hbond substituents is 1. The van der Waals surface area contributed by atoms with Crippen molar-refractivity contribution in [3.63, 3.8) is 0 Å². The number of aryl methyl sites for hydroxylation is 1. The van der Waals surface area contributed by atoms with E-state index >= 15 is 0 Å². The molecule has 0 bridgehead atoms. The fraction of sp³-hybridized carbons (Fsp3) is 0.0357. The maximum atomic E-state index is 11.9. The lowest BCUT2D eigenvalue weighted by Gasteiger charge is -2.15. The van der Waals surface area contributed by atoms with E-state index in [4.69, 9.17) is 4.42 Å². The zero-order chi connectivity index (χ0) is 21.1. The Bertz CT molecular complexity index is 1720. The summed E-state index contributed by atoms with van der Waals surface area (Å²) in [5.74, 6) is 0.223. The van der Waals surface area contributed by atoms with Crippen LogP contribution < -0.4 is 5.43 Å². The summed E-state index contributed by atoms with van der Waals surface area (Å²) in [4.78, 5) is 11.9. The summed E-state index contributed by atoms with van der Waals surface area (Å²) in [5, 5.41) is 15.8. The monoisotopic (exact) mass is 402 g/mol. The third-order valence-corrected chi connectivity index (χ3v) is 6.01. The third kappa shape index (κ3) is 2.78. The maximum Gasteiger partial charge on any atom is 0.179 e. The van der Waals surface area contributed by atoms with Gasteiger partial charge in [0.15, 0.2) is 5.43 Å². The van der Waals surface area contributed by atoms with Crippen molar-refractivity contribution in [3.8, 4) is 16.9 Å². The Balaban J connectivity index is 1.85. The van der Waals surface area contributed by atoms with Crippen molar-refractivity contribution in [1.29, 1.82) is 0 Å². The predicted octanol–water partition coefficient (Wildman–Crippen LogP) is 6.93. The molecule has 6 aromatic rings. The molecule has 0 atom stereocenters. The van der Waals surface area contributed by atoms with Crippen molar-refractivity contribution in [1.82, 2.24) is 0 Å². The number of fused-ring (bicyclic) bond motifs is 4. The molecule has 1 heterocycles. The molecule has 1 N–H and O–H groups in total. The lowest BCUT2D eigenvalue weighted by Crippen LogP contribution is -1.95. The summed E-state index contributed by atoms with van der Waals surface area (Å²) in [6.07, 6.45) is 0. The normalized spacial score (nSPS) is 11.6. The van der Waals surface area contributed by atoms with Gasteiger partial charge in [0, 0.05) is 16.3 Å². The van der Waals surface area contributed by atoms with Crippen molar-refractivity contribution in [2.75, 3.05) is 0 Å². The minimum Gasteiger partial charge on any atom is -0.508 e. The zero-order valence-corrected chi connectivity index (χ0v) is 16.8. The minimum absolute atomic E-state index is 0.0202. The largest absolute Gasteiger partial charge is 0.508 e. The highest BCUT2D eigenvalue weighted by atomic mass is 16.3. The summed E-state index contributed by atoms with van der Waals surface area (Å²) < 4.78 is 6.36. The molecule has 0 amide bonds. The molecule has 6 rings (SSSR count). The SMILES string of the molecule is Cc1ccccc1-c1c2cc3ccc(O)cc3cc2oc2cc3cc(=O)ccc3cc12. The van der Waals surface area contributed by atoms with Crippen LogP contribution in [-0.2, 0) is 0 Å². The van der Waals surface area contributed by atoms with Crippen LogP contribution in [0.4, 0.5) is 0 Å². The van der Waals surface area contributed by atoms with E-state index in [1.807, 2.05) is 36.4 Å². The molecule has 0 unspecified atom stereocenters. The lowest BCUT2D eigenvalue weighted by atomic mass is 9.92. The van der Waals surface area contributed by atoms with E-state index in [1.165, 1.54) is 5.56 Å². The number of rotatable bonds is 1. The third-order valence-electron chi connectivity index (χ3n) is 6.01. The van der Waals surface area contributed by atoms with Crippen molar-refractivity contribution >= 4 is 43.5 Å². The smallest absolute Gasteiger partial charge is 0.179 e. The highest BCUT2D eigenvalue weighted by Gasteiger charge is 2.16. The van der Waals surface area contributed by atoms with Gasteiger partial charge in [-0.2, -0.15) is 0 Å². The number of hydrogen-bond donors (Lipinski definition) is 1. The highest BCUT2D eigenvalue weighted by Crippen LogP contribution is 2.41. The molecule has 0 fully saturated rings. The number of phenols is 1. The Morgan fingerprint density at radius 2 is 1.32 bits per heavy atom. The molecule has 1 aromatic heterocycles. The first-order valence-corrected chi connectivity index (χ1v) is 10.2. The first-order valence-electron chi connectivity index (χ1n) is 10.2. The van der Waals surface area contributed by atoms with Gasteiger partial charge in [0.05, 0.1) is 0 Å². The molecule has 148 valence electrons. The van der Waals surface area contributed by atoms with Gasteiger partial charge in [0.1, 0.15) is 16.9 Å². The molecule has 0 saturated heterocycles. The molecule has 31 heavy (non-hydrogen) atoms. The van der Waals surface area contributed by atoms with Gasteiger partial charge in [-0.25, -0.2) is 0 Å². The second-order valence-electron chi connectivity index (χ2n) is 8.03. The Morgan fingerprint density at radius 3 is 2.03 bits per heavy atom. The van der Waals surface area contributed by atoms with Crippen LogP contribution in [0.5, 0.6) is 5.75 Å². The van der Waals surface area contributed by atoms with Crippen LogP contribution in [0.1, 0.15) is 5.56 Å². The fourth-order valence-corrected chi connectivity index (χ4v) is 4.49. The van der Waals surface area contributed by atoms with Gasteiger partial charge in [-0.3, -0.25) is 4.79 Å². The topological polar surface area (TPSA) is 50.4 Å². The first kappa shape index (κ1) is 17.7. The van der Waals surface area contributed by atoms with Gasteiger partial charge in [-0.15, -0.1) is 0 Å². The van der Waals surface area contributed by atoms with Crippen LogP contribution in [-0.4, -0.2) is 5.11 Å². The van der Waals surface area contributed by atoms with E-state index in [1.54, 1.807) is 24.3 Å². The quantitative estimate of drug-likeness (QED) is 0.303. The molecule has 0 radical (unpaired) electrons. The standard InChI is InChI=1S/C28H18O3/c1-16-4-2-3-5-23(16)28-24-12-17-6-8-21(29)10-19(17)14-26(24)31-27-15-20-11-22(30)9-7-18(20)13-25(27)28/h2-15,29H,1H3. The molecule has 0 spiro atoms. The molecule has 3 heteroatoms. The van der Waals surface area contributed by atoms with Crippen LogP contribution in [0.25, 0.3) is 54.6 Å². The van der Waals surface area contributed by atoms with Crippen molar-refractivity contribution in [3.05, 3.63) is 101 Å². The second kappa shape index (κ2) is 6.44. The Morgan fingerprint density at radius 1 is 0.677 bits per heavy atom. The van der Waals surface area contributed by atoms with Gasteiger partial charge in [0.25, 0.3) is 0 Å². The highest BCUT2D eigenvalue weighted by molar-refractivity contribution is 6.14. The van der Waals surface area contributed by atoms with Crippen molar-refractivity contribution in [2.45, 2.75) is 6.92 Å². The van der Waals surface area contributed by atoms with E-state index in [2.05, 4.69) is 31.2 Å². The van der Waals surface area contributed by atoms with Crippen LogP contribution in [0, 0.1) is 6.92 Å². The number of benzene rings is 5. The summed E-state index contributed by atoms with van der Waals surface area (Å²) in [6, 6.07) is 27.0. The summed E-state index contributed by atoms with van der Waals surface area (Å²) in [6.45, 7) is 2.11. The molecule has 0 aliphatic carbocycles. The average Bonchev–Trinajstić information content (AvgIpc) is 2.75. The average molecular weight is 402 g/mol. The van der Waals surface area contributed by atoms with Crippen LogP contribution >= 0.6 is 0 Å². The Labute approximate surface area is 177 Å². The summed E-state index contributed by atoms with van der Waals surface area (Å²) >= 11 is 0. The molecule has 3 nitrogen and oxygen atoms in total. The molecular formula is C28H18O3. The molecule has 0 saturated carbocycles. The van der Waals surface area contributed by atoms with Crippen LogP contribution in [0.2, 0.25) is 0 Å². The van der Waals surface area contributed by atoms with Gasteiger partial charge in [0.2, 0.25) is 0 Å². The van der Waals surface area contributed by atoms with Crippen molar-refractivity contribution < 1.29 is 9.52 Å². The van der Waals surface area contributed by atoms with E-state index in [-0.39, 0.29) is 11.2 Å². The minimum atomic E-state index is -0.0202. The summed E-state index contributed by atoms with van der Waals surface area (Å²) in [5.41, 5.74) is 4.87. The van der Waals surface area contributed by atoms with E-state index in [9.17, 15) is 9.90 Å². The maximum absolute atomic E-state index is 11.9. The lowest BCUT2D eigenvalue weighted by molar-refractivity contribution is 0.476. The first-order chi connectivity index (χ1) is 15.1. The molecule has 0 aliphatic rings. The van der Waals surface area contributed by atoms with Crippen LogP contribution in [0.3, 0.4) is 0 Å². The Kier molecular flexibility index (Phi) is 3.68. The van der Waals surface area contributed by atoms with Gasteiger partial charge >= 0.3 is 0 Å². The van der Waals surface area contributed by atoms with Crippen molar-refractivity contribution in [2.24, 2.45) is 0 Å². The number of aromatic hydroxyl groups is 1. The fourth-order valence-electron chi connectivity index (χ4n) is 4.49. The van der Waals surface area contributed by atoms with E-state index in [0.29, 0.717) is 0 Å². The number of hydrogen-bond acceptors (Lipinski definition) is 3. The van der Waals surface area contributed by atoms with Gasteiger partial charge < -0.3 is 9.52 Å². The zero-order valence-electron chi connectivity index (χ0n) is 16.8. The Hall–Kier alpha value is -4.11.